The summed E-state index contributed by atoms with van der Waals surface area (Å²) < 4.78 is 47.6. The zero-order valence-corrected chi connectivity index (χ0v) is 48.9. The molecule has 0 atom stereocenters. The number of aromatic nitrogens is 6. The number of hydrogen-bond acceptors (Lipinski definition) is 5. The van der Waals surface area contributed by atoms with Crippen LogP contribution in [-0.4, -0.2) is 28.5 Å². The summed E-state index contributed by atoms with van der Waals surface area (Å²) in [6.45, 7) is 0. The maximum absolute atomic E-state index is 8.34. The number of rotatable bonds is 8. The van der Waals surface area contributed by atoms with Crippen molar-refractivity contribution in [1.29, 1.82) is 0 Å². The van der Waals surface area contributed by atoms with Crippen LogP contribution in [-0.2, 0) is 0 Å². The van der Waals surface area contributed by atoms with Gasteiger partial charge >= 0.3 is 0 Å². The van der Waals surface area contributed by atoms with Gasteiger partial charge in [0.2, 0.25) is 0 Å². The van der Waals surface area contributed by atoms with E-state index in [9.17, 15) is 0 Å². The molecule has 0 unspecified atom stereocenters. The molecule has 426 valence electrons. The first kappa shape index (κ1) is 46.8. The lowest BCUT2D eigenvalue weighted by atomic mass is 9.97. The standard InChI is InChI=1S/C44H30N2.C39H24N6/c1-4-11-31(12-5-1)32-19-21-33(22-20-32)34-23-25-35(26-24-34)37-27-28-40-43(29-37)45(39-16-8-3-9-17-39)41-18-10-15-38-30-42(46(40)44(38)41)36-13-6-2-7-14-36;1-3-12-25(13-4-1)37-42-31-19-11-21-34-36(31)44(37)33-23-22-26(24-35(33)43(34)27-14-5-2-6-15-27)38-40-29-17-8-7-16-28(29)39-41-30-18-9-10-20-32(30)45(38)39/h1-30H;1-24H/i1D,4D,5D,11D,12D;. The van der Waals surface area contributed by atoms with Crippen molar-refractivity contribution >= 4 is 83.6 Å². The molecule has 0 aliphatic carbocycles. The molecular weight excluding hydrogens is 1110 g/mol. The van der Waals surface area contributed by atoms with Crippen molar-refractivity contribution in [1.82, 2.24) is 28.5 Å². The number of fused-ring (bicyclic) bond motifs is 9. The first-order valence-corrected chi connectivity index (χ1v) is 30.4. The zero-order valence-electron chi connectivity index (χ0n) is 53.9. The summed E-state index contributed by atoms with van der Waals surface area (Å²) in [5.74, 6) is 1.78. The van der Waals surface area contributed by atoms with Crippen molar-refractivity contribution in [2.24, 2.45) is 0 Å². The van der Waals surface area contributed by atoms with Crippen molar-refractivity contribution in [3.05, 3.63) is 327 Å². The lowest BCUT2D eigenvalue weighted by Gasteiger charge is -2.34. The predicted octanol–water partition coefficient (Wildman–Crippen LogP) is 21.6. The number of nitrogens with zero attached hydrogens (tertiary/aromatic N) is 8. The van der Waals surface area contributed by atoms with Gasteiger partial charge in [0.1, 0.15) is 17.3 Å². The van der Waals surface area contributed by atoms with Gasteiger partial charge in [0.25, 0.3) is 0 Å². The van der Waals surface area contributed by atoms with E-state index >= 15 is 0 Å². The van der Waals surface area contributed by atoms with E-state index in [1.807, 2.05) is 54.6 Å². The Morgan fingerprint density at radius 3 is 1.45 bits per heavy atom. The van der Waals surface area contributed by atoms with Gasteiger partial charge in [-0.3, -0.25) is 8.97 Å². The summed E-state index contributed by atoms with van der Waals surface area (Å²) in [6, 6.07) is 102. The van der Waals surface area contributed by atoms with Crippen molar-refractivity contribution in [3.63, 3.8) is 0 Å². The minimum atomic E-state index is -0.388. The SMILES string of the molecule is [2H]c1c([2H])c([2H])c(-c2ccc(-c3ccc(-c4ccc5c(c4)N(c4ccccc4)c4cccc6cc(-c7ccccc7)n-5c46)cc3)cc2)c([2H])c1[2H].c1ccc(-c2nc3cccc4c3n2-c2ccc(-c3nc5ccccc5c5nc6ccccc6n35)cc2N4c2ccccc2)cc1. The van der Waals surface area contributed by atoms with E-state index in [4.69, 9.17) is 21.8 Å². The first-order valence-electron chi connectivity index (χ1n) is 32.9. The Hall–Kier alpha value is -12.4. The molecule has 0 bridgehead atoms. The maximum Gasteiger partial charge on any atom is 0.149 e. The summed E-state index contributed by atoms with van der Waals surface area (Å²) >= 11 is 0. The molecule has 13 aromatic carbocycles. The predicted molar refractivity (Wildman–Crippen MR) is 375 cm³/mol. The molecule has 4 aromatic heterocycles. The number of benzene rings is 13. The van der Waals surface area contributed by atoms with Crippen LogP contribution in [0.5, 0.6) is 0 Å². The van der Waals surface area contributed by atoms with Gasteiger partial charge < -0.3 is 14.4 Å². The van der Waals surface area contributed by atoms with Gasteiger partial charge in [0.05, 0.1) is 79.8 Å². The molecule has 91 heavy (non-hydrogen) atoms. The van der Waals surface area contributed by atoms with Gasteiger partial charge in [0.15, 0.2) is 0 Å². The highest BCUT2D eigenvalue weighted by molar-refractivity contribution is 6.07. The zero-order chi connectivity index (χ0) is 64.3. The van der Waals surface area contributed by atoms with Crippen LogP contribution in [0.1, 0.15) is 6.85 Å². The molecule has 0 radical (unpaired) electrons. The normalized spacial score (nSPS) is 12.9. The Balaban J connectivity index is 0.000000141. The van der Waals surface area contributed by atoms with Gasteiger partial charge in [-0.2, -0.15) is 0 Å². The molecule has 8 heteroatoms. The lowest BCUT2D eigenvalue weighted by molar-refractivity contribution is 1.06. The summed E-state index contributed by atoms with van der Waals surface area (Å²) in [5.41, 5.74) is 25.1. The Kier molecular flexibility index (Phi) is 10.9. The van der Waals surface area contributed by atoms with Gasteiger partial charge in [-0.15, -0.1) is 0 Å². The summed E-state index contributed by atoms with van der Waals surface area (Å²) in [4.78, 5) is 20.2. The topological polar surface area (TPSA) is 59.4 Å². The minimum Gasteiger partial charge on any atom is -0.306 e. The number of hydrogen-bond donors (Lipinski definition) is 0. The fraction of sp³-hybridized carbons (Fsp3) is 0. The van der Waals surface area contributed by atoms with Gasteiger partial charge in [-0.25, -0.2) is 15.0 Å². The molecule has 2 aliphatic rings. The van der Waals surface area contributed by atoms with Crippen LogP contribution in [0.15, 0.2) is 327 Å². The third-order valence-electron chi connectivity index (χ3n) is 17.6. The van der Waals surface area contributed by atoms with E-state index in [0.29, 0.717) is 5.56 Å². The quantitative estimate of drug-likeness (QED) is 0.152. The van der Waals surface area contributed by atoms with Gasteiger partial charge in [-0.05, 0) is 142 Å². The maximum atomic E-state index is 8.34. The van der Waals surface area contributed by atoms with Crippen LogP contribution in [0.4, 0.5) is 34.1 Å². The second-order valence-corrected chi connectivity index (χ2v) is 22.8. The van der Waals surface area contributed by atoms with E-state index in [-0.39, 0.29) is 35.8 Å². The monoisotopic (exact) mass is 1170 g/mol. The molecule has 0 fully saturated rings. The fourth-order valence-electron chi connectivity index (χ4n) is 13.5. The molecule has 17 aromatic rings. The molecular formula is C83H54N8. The van der Waals surface area contributed by atoms with E-state index < -0.39 is 0 Å². The summed E-state index contributed by atoms with van der Waals surface area (Å²) in [5, 5.41) is 2.22. The summed E-state index contributed by atoms with van der Waals surface area (Å²) in [6.07, 6.45) is 0. The van der Waals surface area contributed by atoms with Crippen LogP contribution < -0.4 is 9.80 Å². The average molecular weight is 1170 g/mol. The van der Waals surface area contributed by atoms with Crippen LogP contribution in [0, 0.1) is 0 Å². The van der Waals surface area contributed by atoms with Crippen LogP contribution in [0.3, 0.4) is 0 Å². The van der Waals surface area contributed by atoms with Crippen molar-refractivity contribution < 1.29 is 6.85 Å². The Morgan fingerprint density at radius 1 is 0.286 bits per heavy atom. The molecule has 0 N–H and O–H groups in total. The van der Waals surface area contributed by atoms with E-state index in [1.54, 1.807) is 0 Å². The van der Waals surface area contributed by atoms with Crippen LogP contribution in [0.25, 0.3) is 128 Å². The third kappa shape index (κ3) is 8.56. The molecule has 2 aliphatic heterocycles. The largest absolute Gasteiger partial charge is 0.306 e. The van der Waals surface area contributed by atoms with Crippen molar-refractivity contribution in [2.75, 3.05) is 9.80 Å². The van der Waals surface area contributed by atoms with Crippen LogP contribution in [0.2, 0.25) is 0 Å². The molecule has 8 nitrogen and oxygen atoms in total. The molecule has 0 spiro atoms. The smallest absolute Gasteiger partial charge is 0.149 e. The molecule has 0 amide bonds. The number of para-hydroxylation sites is 7. The Bertz CT molecular complexity index is 5930. The molecule has 19 rings (SSSR count). The highest BCUT2D eigenvalue weighted by Gasteiger charge is 2.32. The second-order valence-electron chi connectivity index (χ2n) is 22.8. The Labute approximate surface area is 532 Å². The van der Waals surface area contributed by atoms with E-state index in [2.05, 4.69) is 266 Å². The van der Waals surface area contributed by atoms with E-state index in [1.165, 1.54) is 16.5 Å². The second kappa shape index (κ2) is 21.2. The van der Waals surface area contributed by atoms with Gasteiger partial charge in [0, 0.05) is 33.3 Å². The average Bonchev–Trinajstić information content (AvgIpc) is 1.52. The highest BCUT2D eigenvalue weighted by Crippen LogP contribution is 2.52. The van der Waals surface area contributed by atoms with E-state index in [0.717, 1.165) is 135 Å². The Morgan fingerprint density at radius 2 is 0.780 bits per heavy atom. The molecule has 0 saturated heterocycles. The molecule has 0 saturated carbocycles. The van der Waals surface area contributed by atoms with Crippen molar-refractivity contribution in [3.8, 4) is 78.8 Å². The van der Waals surface area contributed by atoms with Gasteiger partial charge in [-0.1, -0.05) is 224 Å². The van der Waals surface area contributed by atoms with Crippen molar-refractivity contribution in [2.45, 2.75) is 0 Å². The lowest BCUT2D eigenvalue weighted by Crippen LogP contribution is -2.18. The van der Waals surface area contributed by atoms with Crippen LogP contribution >= 0.6 is 0 Å². The third-order valence-corrected chi connectivity index (χ3v) is 17.6. The number of anilines is 6. The molecule has 6 heterocycles. The minimum absolute atomic E-state index is 0.199. The fourth-order valence-corrected chi connectivity index (χ4v) is 13.5. The highest BCUT2D eigenvalue weighted by atomic mass is 15.2. The summed E-state index contributed by atoms with van der Waals surface area (Å²) in [7, 11) is 0. The number of imidazole rings is 2. The first-order chi connectivity index (χ1) is 47.2.